The Morgan fingerprint density at radius 2 is 1.92 bits per heavy atom. The maximum Gasteiger partial charge on any atom is 0.255 e. The van der Waals surface area contributed by atoms with Gasteiger partial charge in [-0.05, 0) is 41.7 Å². The van der Waals surface area contributed by atoms with E-state index in [-0.39, 0.29) is 11.9 Å². The molecule has 1 N–H and O–H groups in total. The summed E-state index contributed by atoms with van der Waals surface area (Å²) in [5, 5.41) is 3.70. The van der Waals surface area contributed by atoms with Gasteiger partial charge in [0.1, 0.15) is 5.75 Å². The van der Waals surface area contributed by atoms with Crippen LogP contribution in [0.2, 0.25) is 0 Å². The number of nitrogens with zero attached hydrogens (tertiary/aromatic N) is 1. The molecule has 2 aromatic rings. The number of methoxy groups -OCH3 is 1. The predicted molar refractivity (Wildman–Crippen MR) is 104 cm³/mol. The number of carbonyl (C=O) groups excluding carboxylic acids is 1. The van der Waals surface area contributed by atoms with E-state index < -0.39 is 0 Å². The minimum atomic E-state index is 0.0308. The number of benzene rings is 2. The van der Waals surface area contributed by atoms with Crippen LogP contribution in [-0.2, 0) is 0 Å². The molecule has 0 fully saturated rings. The number of rotatable bonds is 3. The number of amides is 1. The van der Waals surface area contributed by atoms with Crippen LogP contribution in [0, 0.1) is 5.92 Å². The highest BCUT2D eigenvalue weighted by molar-refractivity contribution is 6.00. The van der Waals surface area contributed by atoms with E-state index >= 15 is 0 Å². The standard InChI is InChI=1S/C22H24N2O2/c1-24(2)22(25)19-9-5-8-18-16-6-4-7-17(16)20(23-21(18)19)14-10-12-15(26-3)13-11-14/h4-6,8-13,16-17,20,23H,7H2,1-3H3. The van der Waals surface area contributed by atoms with Gasteiger partial charge in [-0.15, -0.1) is 0 Å². The molecule has 4 rings (SSSR count). The van der Waals surface area contributed by atoms with Crippen LogP contribution in [0.15, 0.2) is 54.6 Å². The summed E-state index contributed by atoms with van der Waals surface area (Å²) in [7, 11) is 5.27. The first-order chi connectivity index (χ1) is 12.6. The second kappa shape index (κ2) is 6.52. The Morgan fingerprint density at radius 1 is 1.15 bits per heavy atom. The van der Waals surface area contributed by atoms with Crippen molar-refractivity contribution in [2.24, 2.45) is 5.92 Å². The number of carbonyl (C=O) groups is 1. The van der Waals surface area contributed by atoms with Crippen molar-refractivity contribution in [2.45, 2.75) is 18.4 Å². The van der Waals surface area contributed by atoms with E-state index in [0.717, 1.165) is 23.4 Å². The molecule has 3 atom stereocenters. The van der Waals surface area contributed by atoms with Gasteiger partial charge >= 0.3 is 0 Å². The van der Waals surface area contributed by atoms with Gasteiger partial charge in [-0.2, -0.15) is 0 Å². The molecule has 3 unspecified atom stereocenters. The van der Waals surface area contributed by atoms with Gasteiger partial charge in [-0.1, -0.05) is 36.4 Å². The predicted octanol–water partition coefficient (Wildman–Crippen LogP) is 4.22. The summed E-state index contributed by atoms with van der Waals surface area (Å²) in [6.07, 6.45) is 5.60. The molecule has 0 aromatic heterocycles. The molecule has 1 aliphatic carbocycles. The van der Waals surface area contributed by atoms with E-state index in [1.807, 2.05) is 24.3 Å². The van der Waals surface area contributed by atoms with Crippen molar-refractivity contribution in [1.29, 1.82) is 0 Å². The lowest BCUT2D eigenvalue weighted by atomic mass is 9.76. The minimum Gasteiger partial charge on any atom is -0.497 e. The van der Waals surface area contributed by atoms with Gasteiger partial charge in [0.05, 0.1) is 24.4 Å². The monoisotopic (exact) mass is 348 g/mol. The molecule has 134 valence electrons. The normalized spacial score (nSPS) is 23.0. The van der Waals surface area contributed by atoms with Crippen LogP contribution < -0.4 is 10.1 Å². The Kier molecular flexibility index (Phi) is 4.19. The zero-order valence-corrected chi connectivity index (χ0v) is 15.4. The molecule has 0 radical (unpaired) electrons. The third kappa shape index (κ3) is 2.66. The third-order valence-corrected chi connectivity index (χ3v) is 5.51. The maximum atomic E-state index is 12.7. The van der Waals surface area contributed by atoms with Crippen molar-refractivity contribution in [3.63, 3.8) is 0 Å². The van der Waals surface area contributed by atoms with Crippen molar-refractivity contribution in [2.75, 3.05) is 26.5 Å². The summed E-state index contributed by atoms with van der Waals surface area (Å²) in [5.74, 6) is 1.69. The largest absolute Gasteiger partial charge is 0.497 e. The molecule has 0 spiro atoms. The number of allylic oxidation sites excluding steroid dienone is 2. The van der Waals surface area contributed by atoms with Gasteiger partial charge in [-0.25, -0.2) is 0 Å². The molecule has 1 heterocycles. The average Bonchev–Trinajstić information content (AvgIpc) is 3.16. The molecular weight excluding hydrogens is 324 g/mol. The van der Waals surface area contributed by atoms with Crippen molar-refractivity contribution < 1.29 is 9.53 Å². The van der Waals surface area contributed by atoms with Gasteiger partial charge in [-0.3, -0.25) is 4.79 Å². The van der Waals surface area contributed by atoms with Gasteiger partial charge in [0.2, 0.25) is 0 Å². The van der Waals surface area contributed by atoms with Crippen LogP contribution in [0.1, 0.15) is 39.9 Å². The zero-order chi connectivity index (χ0) is 18.3. The molecule has 2 aromatic carbocycles. The average molecular weight is 348 g/mol. The number of ether oxygens (including phenoxy) is 1. The minimum absolute atomic E-state index is 0.0308. The Morgan fingerprint density at radius 3 is 2.62 bits per heavy atom. The lowest BCUT2D eigenvalue weighted by Gasteiger charge is -2.38. The second-order valence-corrected chi connectivity index (χ2v) is 7.22. The van der Waals surface area contributed by atoms with Crippen LogP contribution in [0.25, 0.3) is 0 Å². The fraction of sp³-hybridized carbons (Fsp3) is 0.318. The molecule has 2 aliphatic rings. The number of hydrogen-bond acceptors (Lipinski definition) is 3. The molecule has 26 heavy (non-hydrogen) atoms. The molecule has 1 amide bonds. The van der Waals surface area contributed by atoms with E-state index in [2.05, 4.69) is 35.7 Å². The topological polar surface area (TPSA) is 41.6 Å². The van der Waals surface area contributed by atoms with Gasteiger partial charge < -0.3 is 15.0 Å². The Bertz CT molecular complexity index is 855. The third-order valence-electron chi connectivity index (χ3n) is 5.51. The quantitative estimate of drug-likeness (QED) is 0.844. The molecule has 0 saturated heterocycles. The van der Waals surface area contributed by atoms with Crippen molar-refractivity contribution >= 4 is 11.6 Å². The Balaban J connectivity index is 1.78. The summed E-state index contributed by atoms with van der Waals surface area (Å²) >= 11 is 0. The van der Waals surface area contributed by atoms with E-state index in [1.165, 1.54) is 11.1 Å². The SMILES string of the molecule is COc1ccc(C2Nc3c(C(=O)N(C)C)cccc3C3C=CCC32)cc1. The molecule has 0 bridgehead atoms. The smallest absolute Gasteiger partial charge is 0.255 e. The van der Waals surface area contributed by atoms with Crippen LogP contribution in [0.5, 0.6) is 5.75 Å². The van der Waals surface area contributed by atoms with Crippen molar-refractivity contribution in [1.82, 2.24) is 4.90 Å². The second-order valence-electron chi connectivity index (χ2n) is 7.22. The fourth-order valence-electron chi connectivity index (χ4n) is 4.18. The first kappa shape index (κ1) is 16.7. The number of para-hydroxylation sites is 1. The Labute approximate surface area is 154 Å². The highest BCUT2D eigenvalue weighted by Crippen LogP contribution is 2.50. The molecule has 1 aliphatic heterocycles. The van der Waals surface area contributed by atoms with Crippen LogP contribution in [-0.4, -0.2) is 32.0 Å². The number of nitrogens with one attached hydrogen (secondary N) is 1. The number of hydrogen-bond donors (Lipinski definition) is 1. The highest BCUT2D eigenvalue weighted by Gasteiger charge is 2.39. The van der Waals surface area contributed by atoms with Crippen LogP contribution in [0.3, 0.4) is 0 Å². The van der Waals surface area contributed by atoms with Gasteiger partial charge in [0, 0.05) is 20.0 Å². The van der Waals surface area contributed by atoms with Crippen molar-refractivity contribution in [3.8, 4) is 5.75 Å². The van der Waals surface area contributed by atoms with Gasteiger partial charge in [0.25, 0.3) is 5.91 Å². The van der Waals surface area contributed by atoms with Crippen LogP contribution in [0.4, 0.5) is 5.69 Å². The molecule has 4 nitrogen and oxygen atoms in total. The first-order valence-electron chi connectivity index (χ1n) is 9.02. The van der Waals surface area contributed by atoms with E-state index in [0.29, 0.717) is 11.8 Å². The summed E-state index contributed by atoms with van der Waals surface area (Å²) in [6.45, 7) is 0. The number of anilines is 1. The van der Waals surface area contributed by atoms with Crippen molar-refractivity contribution in [3.05, 3.63) is 71.3 Å². The lowest BCUT2D eigenvalue weighted by Crippen LogP contribution is -2.31. The first-order valence-corrected chi connectivity index (χ1v) is 9.02. The maximum absolute atomic E-state index is 12.7. The molecular formula is C22H24N2O2. The molecule has 0 saturated carbocycles. The summed E-state index contributed by atoms with van der Waals surface area (Å²) in [5.41, 5.74) is 4.16. The Hall–Kier alpha value is -2.75. The summed E-state index contributed by atoms with van der Waals surface area (Å²) in [6, 6.07) is 14.5. The fourth-order valence-corrected chi connectivity index (χ4v) is 4.18. The van der Waals surface area contributed by atoms with Crippen LogP contribution >= 0.6 is 0 Å². The highest BCUT2D eigenvalue weighted by atomic mass is 16.5. The van der Waals surface area contributed by atoms with Gasteiger partial charge in [0.15, 0.2) is 0 Å². The van der Waals surface area contributed by atoms with E-state index in [9.17, 15) is 4.79 Å². The zero-order valence-electron chi connectivity index (χ0n) is 15.4. The van der Waals surface area contributed by atoms with E-state index in [4.69, 9.17) is 4.74 Å². The summed E-state index contributed by atoms with van der Waals surface area (Å²) < 4.78 is 5.29. The summed E-state index contributed by atoms with van der Waals surface area (Å²) in [4.78, 5) is 14.3. The molecule has 4 heteroatoms. The number of fused-ring (bicyclic) bond motifs is 3. The lowest BCUT2D eigenvalue weighted by molar-refractivity contribution is 0.0828. The van der Waals surface area contributed by atoms with E-state index in [1.54, 1.807) is 26.1 Å².